The summed E-state index contributed by atoms with van der Waals surface area (Å²) >= 11 is 0. The number of nitrogens with zero attached hydrogens (tertiary/aromatic N) is 4. The van der Waals surface area contributed by atoms with Gasteiger partial charge in [-0.1, -0.05) is 12.1 Å². The highest BCUT2D eigenvalue weighted by atomic mass is 19.1. The van der Waals surface area contributed by atoms with Crippen molar-refractivity contribution in [1.29, 1.82) is 0 Å². The van der Waals surface area contributed by atoms with Crippen molar-refractivity contribution in [3.63, 3.8) is 0 Å². The second-order valence-corrected chi connectivity index (χ2v) is 3.85. The maximum Gasteiger partial charge on any atom is 0.242 e. The topological polar surface area (TPSA) is 72.7 Å². The maximum atomic E-state index is 12.8. The van der Waals surface area contributed by atoms with Crippen molar-refractivity contribution < 1.29 is 9.18 Å². The summed E-state index contributed by atoms with van der Waals surface area (Å²) in [6.07, 6.45) is 1.36. The van der Waals surface area contributed by atoms with E-state index >= 15 is 0 Å². The summed E-state index contributed by atoms with van der Waals surface area (Å²) in [7, 11) is 0. The van der Waals surface area contributed by atoms with Crippen molar-refractivity contribution >= 4 is 5.91 Å². The van der Waals surface area contributed by atoms with Crippen LogP contribution in [0.2, 0.25) is 0 Å². The van der Waals surface area contributed by atoms with Gasteiger partial charge in [-0.05, 0) is 35.0 Å². The van der Waals surface area contributed by atoms with Crippen molar-refractivity contribution in [3.05, 3.63) is 42.0 Å². The van der Waals surface area contributed by atoms with Crippen LogP contribution >= 0.6 is 0 Å². The highest BCUT2D eigenvalue weighted by Gasteiger charge is 2.10. The number of benzene rings is 1. The Labute approximate surface area is 103 Å². The first-order valence-corrected chi connectivity index (χ1v) is 5.41. The molecular weight excluding hydrogens is 237 g/mol. The number of hydrogen-bond donors (Lipinski definition) is 1. The molecule has 1 atom stereocenters. The van der Waals surface area contributed by atoms with Crippen LogP contribution in [0, 0.1) is 5.82 Å². The van der Waals surface area contributed by atoms with Gasteiger partial charge in [-0.15, -0.1) is 5.10 Å². The molecule has 0 aliphatic heterocycles. The minimum Gasteiger partial charge on any atom is -0.348 e. The molecule has 0 radical (unpaired) electrons. The SMILES string of the molecule is CC(NC(=O)Cn1cnnn1)c1ccc(F)cc1. The third kappa shape index (κ3) is 3.09. The van der Waals surface area contributed by atoms with Gasteiger partial charge < -0.3 is 5.32 Å². The lowest BCUT2D eigenvalue weighted by Gasteiger charge is -2.14. The Hall–Kier alpha value is -2.31. The lowest BCUT2D eigenvalue weighted by Crippen LogP contribution is -2.30. The molecule has 1 aromatic carbocycles. The van der Waals surface area contributed by atoms with E-state index in [0.717, 1.165) is 5.56 Å². The van der Waals surface area contributed by atoms with E-state index in [0.29, 0.717) is 0 Å². The average Bonchev–Trinajstić information content (AvgIpc) is 2.82. The van der Waals surface area contributed by atoms with E-state index in [-0.39, 0.29) is 24.3 Å². The minimum absolute atomic E-state index is 0.0541. The summed E-state index contributed by atoms with van der Waals surface area (Å²) in [5, 5.41) is 13.2. The smallest absolute Gasteiger partial charge is 0.242 e. The van der Waals surface area contributed by atoms with Crippen LogP contribution in [0.5, 0.6) is 0 Å². The molecule has 0 bridgehead atoms. The zero-order valence-electron chi connectivity index (χ0n) is 9.75. The first-order valence-electron chi connectivity index (χ1n) is 5.41. The van der Waals surface area contributed by atoms with Crippen LogP contribution in [0.4, 0.5) is 4.39 Å². The van der Waals surface area contributed by atoms with E-state index in [4.69, 9.17) is 0 Å². The predicted octanol–water partition coefficient (Wildman–Crippen LogP) is 0.690. The third-order valence-electron chi connectivity index (χ3n) is 2.44. The number of carbonyl (C=O) groups excluding carboxylic acids is 1. The standard InChI is InChI=1S/C11H12FN5O/c1-8(9-2-4-10(12)5-3-9)14-11(18)6-17-7-13-15-16-17/h2-5,7-8H,6H2,1H3,(H,14,18). The van der Waals surface area contributed by atoms with Crippen LogP contribution in [0.15, 0.2) is 30.6 Å². The molecule has 18 heavy (non-hydrogen) atoms. The number of tetrazole rings is 1. The van der Waals surface area contributed by atoms with Gasteiger partial charge in [0.1, 0.15) is 18.7 Å². The van der Waals surface area contributed by atoms with Gasteiger partial charge in [0.25, 0.3) is 0 Å². The van der Waals surface area contributed by atoms with Crippen LogP contribution in [-0.2, 0) is 11.3 Å². The first-order chi connectivity index (χ1) is 8.65. The van der Waals surface area contributed by atoms with Gasteiger partial charge in [-0.2, -0.15) is 0 Å². The Morgan fingerprint density at radius 1 is 1.44 bits per heavy atom. The zero-order chi connectivity index (χ0) is 13.0. The Morgan fingerprint density at radius 3 is 2.78 bits per heavy atom. The number of carbonyl (C=O) groups is 1. The van der Waals surface area contributed by atoms with E-state index in [1.807, 2.05) is 6.92 Å². The van der Waals surface area contributed by atoms with Gasteiger partial charge >= 0.3 is 0 Å². The van der Waals surface area contributed by atoms with Gasteiger partial charge in [0, 0.05) is 0 Å². The molecule has 0 saturated heterocycles. The monoisotopic (exact) mass is 249 g/mol. The van der Waals surface area contributed by atoms with Crippen molar-refractivity contribution in [2.75, 3.05) is 0 Å². The Kier molecular flexibility index (Phi) is 3.61. The summed E-state index contributed by atoms with van der Waals surface area (Å²) in [5.74, 6) is -0.509. The Morgan fingerprint density at radius 2 is 2.17 bits per heavy atom. The fraction of sp³-hybridized carbons (Fsp3) is 0.273. The van der Waals surface area contributed by atoms with Crippen molar-refractivity contribution in [2.45, 2.75) is 19.5 Å². The number of aromatic nitrogens is 4. The van der Waals surface area contributed by atoms with Gasteiger partial charge in [0.2, 0.25) is 5.91 Å². The fourth-order valence-electron chi connectivity index (χ4n) is 1.52. The molecule has 2 rings (SSSR count). The van der Waals surface area contributed by atoms with E-state index in [9.17, 15) is 9.18 Å². The quantitative estimate of drug-likeness (QED) is 0.865. The van der Waals surface area contributed by atoms with E-state index < -0.39 is 0 Å². The second kappa shape index (κ2) is 5.35. The summed E-state index contributed by atoms with van der Waals surface area (Å²) in [6, 6.07) is 5.79. The van der Waals surface area contributed by atoms with Crippen LogP contribution in [0.25, 0.3) is 0 Å². The lowest BCUT2D eigenvalue weighted by atomic mass is 10.1. The van der Waals surface area contributed by atoms with E-state index in [1.54, 1.807) is 12.1 Å². The van der Waals surface area contributed by atoms with Crippen LogP contribution < -0.4 is 5.32 Å². The molecule has 0 aliphatic carbocycles. The Bertz CT molecular complexity index is 511. The minimum atomic E-state index is -0.300. The third-order valence-corrected chi connectivity index (χ3v) is 2.44. The summed E-state index contributed by atoms with van der Waals surface area (Å²) in [4.78, 5) is 11.7. The molecule has 2 aromatic rings. The number of rotatable bonds is 4. The Balaban J connectivity index is 1.92. The first kappa shape index (κ1) is 12.2. The van der Waals surface area contributed by atoms with E-state index in [1.165, 1.54) is 23.1 Å². The highest BCUT2D eigenvalue weighted by molar-refractivity contribution is 5.76. The molecule has 7 heteroatoms. The summed E-state index contributed by atoms with van der Waals surface area (Å²) in [5.41, 5.74) is 0.835. The maximum absolute atomic E-state index is 12.8. The van der Waals surface area contributed by atoms with Crippen LogP contribution in [0.1, 0.15) is 18.5 Å². The molecule has 0 fully saturated rings. The second-order valence-electron chi connectivity index (χ2n) is 3.85. The van der Waals surface area contributed by atoms with Crippen LogP contribution in [-0.4, -0.2) is 26.1 Å². The lowest BCUT2D eigenvalue weighted by molar-refractivity contribution is -0.122. The van der Waals surface area contributed by atoms with E-state index in [2.05, 4.69) is 20.8 Å². The highest BCUT2D eigenvalue weighted by Crippen LogP contribution is 2.12. The van der Waals surface area contributed by atoms with Gasteiger partial charge in [0.15, 0.2) is 0 Å². The summed E-state index contributed by atoms with van der Waals surface area (Å²) in [6.45, 7) is 1.88. The van der Waals surface area contributed by atoms with Gasteiger partial charge in [0.05, 0.1) is 6.04 Å². The molecular formula is C11H12FN5O. The van der Waals surface area contributed by atoms with Crippen molar-refractivity contribution in [1.82, 2.24) is 25.5 Å². The molecule has 6 nitrogen and oxygen atoms in total. The van der Waals surface area contributed by atoms with Crippen LogP contribution in [0.3, 0.4) is 0 Å². The molecule has 1 aromatic heterocycles. The summed E-state index contributed by atoms with van der Waals surface area (Å²) < 4.78 is 14.1. The van der Waals surface area contributed by atoms with Gasteiger partial charge in [-0.25, -0.2) is 9.07 Å². The average molecular weight is 249 g/mol. The van der Waals surface area contributed by atoms with Crippen molar-refractivity contribution in [3.8, 4) is 0 Å². The molecule has 1 N–H and O–H groups in total. The number of amides is 1. The molecule has 1 amide bonds. The normalized spacial score (nSPS) is 12.1. The molecule has 1 heterocycles. The van der Waals surface area contributed by atoms with Gasteiger partial charge in [-0.3, -0.25) is 4.79 Å². The predicted molar refractivity (Wildman–Crippen MR) is 60.8 cm³/mol. The number of hydrogen-bond acceptors (Lipinski definition) is 4. The zero-order valence-corrected chi connectivity index (χ0v) is 9.75. The molecule has 0 spiro atoms. The molecule has 94 valence electrons. The number of halogens is 1. The van der Waals surface area contributed by atoms with Crippen molar-refractivity contribution in [2.24, 2.45) is 0 Å². The molecule has 0 aliphatic rings. The fourth-order valence-corrected chi connectivity index (χ4v) is 1.52. The largest absolute Gasteiger partial charge is 0.348 e. The number of nitrogens with one attached hydrogen (secondary N) is 1. The molecule has 1 unspecified atom stereocenters. The molecule has 0 saturated carbocycles.